The number of hydrogen-bond donors (Lipinski definition) is 3. The quantitative estimate of drug-likeness (QED) is 0.192. The van der Waals surface area contributed by atoms with Gasteiger partial charge in [-0.3, -0.25) is 9.59 Å². The van der Waals surface area contributed by atoms with Gasteiger partial charge in [-0.2, -0.15) is 0 Å². The Hall–Kier alpha value is -1.22. The summed E-state index contributed by atoms with van der Waals surface area (Å²) in [4.78, 5) is 23.7. The van der Waals surface area contributed by atoms with Crippen molar-refractivity contribution < 1.29 is 28.9 Å². The van der Waals surface area contributed by atoms with Gasteiger partial charge in [0, 0.05) is 20.3 Å². The summed E-state index contributed by atoms with van der Waals surface area (Å²) in [7, 11) is 0. The van der Waals surface area contributed by atoms with Gasteiger partial charge < -0.3 is 30.4 Å². The number of nitrogens with two attached hydrogens (primary N) is 1. The first-order chi connectivity index (χ1) is 18.7. The van der Waals surface area contributed by atoms with E-state index in [9.17, 15) is 14.7 Å². The highest BCUT2D eigenvalue weighted by Gasteiger charge is 2.40. The van der Waals surface area contributed by atoms with E-state index in [4.69, 9.17) is 19.9 Å². The Labute approximate surface area is 236 Å². The Bertz CT molecular complexity index is 730. The molecular formula is C31H56N2O6. The molecule has 8 atom stereocenters. The number of unbranched alkanes of at least 4 members (excludes halogenated alkanes) is 2. The zero-order valence-corrected chi connectivity index (χ0v) is 24.8. The van der Waals surface area contributed by atoms with Gasteiger partial charge in [0.25, 0.3) is 0 Å². The van der Waals surface area contributed by atoms with Gasteiger partial charge in [0.1, 0.15) is 12.2 Å². The molecule has 8 unspecified atom stereocenters. The largest absolute Gasteiger partial charge is 0.462 e. The average molecular weight is 553 g/mol. The molecule has 39 heavy (non-hydrogen) atoms. The molecule has 1 saturated heterocycles. The van der Waals surface area contributed by atoms with E-state index >= 15 is 0 Å². The lowest BCUT2D eigenvalue weighted by Crippen LogP contribution is -2.47. The summed E-state index contributed by atoms with van der Waals surface area (Å²) in [6.45, 7) is 5.99. The molecule has 0 aromatic carbocycles. The lowest BCUT2D eigenvalue weighted by Gasteiger charge is -2.42. The van der Waals surface area contributed by atoms with Crippen LogP contribution in [0.4, 0.5) is 0 Å². The van der Waals surface area contributed by atoms with Crippen molar-refractivity contribution in [3.05, 3.63) is 0 Å². The Morgan fingerprint density at radius 2 is 1.64 bits per heavy atom. The summed E-state index contributed by atoms with van der Waals surface area (Å²) in [6, 6.07) is 0. The van der Waals surface area contributed by atoms with Crippen molar-refractivity contribution in [2.24, 2.45) is 23.5 Å². The van der Waals surface area contributed by atoms with Crippen LogP contribution in [0.1, 0.15) is 124 Å². The predicted molar refractivity (Wildman–Crippen MR) is 152 cm³/mol. The Morgan fingerprint density at radius 3 is 2.28 bits per heavy atom. The molecule has 3 aliphatic rings. The standard InChI is InChI=1S/C31H56N2O6/c1-4-5-6-11-27(37-21(2)34)20-28(38-22(3)35)13-12-23-16-25(17-24-14-15-33-30(32)19-24)31(36)29(18-23)39-26-9-7-8-10-26/h23-31,33,36H,4-20,32H2,1-3H3. The molecule has 1 aliphatic heterocycles. The fourth-order valence-corrected chi connectivity index (χ4v) is 7.25. The van der Waals surface area contributed by atoms with Crippen LogP contribution >= 0.6 is 0 Å². The fraction of sp³-hybridized carbons (Fsp3) is 0.935. The van der Waals surface area contributed by atoms with Gasteiger partial charge in [0.15, 0.2) is 0 Å². The number of carbonyl (C=O) groups excluding carboxylic acids is 2. The highest BCUT2D eigenvalue weighted by molar-refractivity contribution is 5.66. The second kappa shape index (κ2) is 16.9. The maximum atomic E-state index is 12.0. The molecule has 0 bridgehead atoms. The molecule has 2 saturated carbocycles. The molecule has 3 fully saturated rings. The van der Waals surface area contributed by atoms with Crippen LogP contribution in [-0.2, 0) is 23.8 Å². The zero-order valence-electron chi connectivity index (χ0n) is 24.8. The van der Waals surface area contributed by atoms with Crippen molar-refractivity contribution in [3.63, 3.8) is 0 Å². The van der Waals surface area contributed by atoms with Gasteiger partial charge in [0.2, 0.25) is 0 Å². The van der Waals surface area contributed by atoms with Crippen LogP contribution in [0.3, 0.4) is 0 Å². The van der Waals surface area contributed by atoms with Crippen LogP contribution in [0.5, 0.6) is 0 Å². The lowest BCUT2D eigenvalue weighted by atomic mass is 9.71. The van der Waals surface area contributed by atoms with Crippen molar-refractivity contribution in [2.45, 2.75) is 160 Å². The summed E-state index contributed by atoms with van der Waals surface area (Å²) in [5, 5.41) is 14.8. The Morgan fingerprint density at radius 1 is 0.949 bits per heavy atom. The maximum Gasteiger partial charge on any atom is 0.302 e. The molecule has 1 heterocycles. The second-order valence-corrected chi connectivity index (χ2v) is 12.6. The van der Waals surface area contributed by atoms with Gasteiger partial charge in [-0.05, 0) is 94.9 Å². The minimum Gasteiger partial charge on any atom is -0.462 e. The van der Waals surface area contributed by atoms with E-state index in [0.717, 1.165) is 90.0 Å². The molecular weight excluding hydrogens is 496 g/mol. The predicted octanol–water partition coefficient (Wildman–Crippen LogP) is 4.99. The molecule has 8 heteroatoms. The number of piperidine rings is 1. The van der Waals surface area contributed by atoms with Crippen LogP contribution in [0.25, 0.3) is 0 Å². The first-order valence-electron chi connectivity index (χ1n) is 15.9. The summed E-state index contributed by atoms with van der Waals surface area (Å²) in [5.74, 6) is 0.530. The van der Waals surface area contributed by atoms with Gasteiger partial charge in [0.05, 0.1) is 24.5 Å². The second-order valence-electron chi connectivity index (χ2n) is 12.6. The summed E-state index contributed by atoms with van der Waals surface area (Å²) >= 11 is 0. The van der Waals surface area contributed by atoms with Gasteiger partial charge in [-0.15, -0.1) is 0 Å². The van der Waals surface area contributed by atoms with Crippen LogP contribution in [0.15, 0.2) is 0 Å². The fourth-order valence-electron chi connectivity index (χ4n) is 7.25. The summed E-state index contributed by atoms with van der Waals surface area (Å²) in [5.41, 5.74) is 6.19. The molecule has 226 valence electrons. The SMILES string of the molecule is CCCCCC(CC(CCC1CC(CC2CCNC(N)C2)C(O)C(OC2CCCC2)C1)OC(C)=O)OC(C)=O. The van der Waals surface area contributed by atoms with Crippen molar-refractivity contribution in [1.82, 2.24) is 5.32 Å². The minimum absolute atomic E-state index is 0.0396. The molecule has 0 aromatic heterocycles. The molecule has 4 N–H and O–H groups in total. The Balaban J connectivity index is 1.63. The minimum atomic E-state index is -0.441. The van der Waals surface area contributed by atoms with E-state index in [1.54, 1.807) is 0 Å². The average Bonchev–Trinajstić information content (AvgIpc) is 3.38. The van der Waals surface area contributed by atoms with Crippen LogP contribution in [0, 0.1) is 17.8 Å². The van der Waals surface area contributed by atoms with Gasteiger partial charge >= 0.3 is 11.9 Å². The molecule has 0 aromatic rings. The van der Waals surface area contributed by atoms with Crippen LogP contribution in [0.2, 0.25) is 0 Å². The molecule has 8 nitrogen and oxygen atoms in total. The van der Waals surface area contributed by atoms with Crippen LogP contribution in [-0.4, -0.2) is 60.3 Å². The van der Waals surface area contributed by atoms with Crippen molar-refractivity contribution in [3.8, 4) is 0 Å². The maximum absolute atomic E-state index is 12.0. The van der Waals surface area contributed by atoms with Crippen molar-refractivity contribution in [2.75, 3.05) is 6.54 Å². The molecule has 2 aliphatic carbocycles. The first kappa shape index (κ1) is 32.3. The highest BCUT2D eigenvalue weighted by atomic mass is 16.6. The zero-order chi connectivity index (χ0) is 28.2. The number of aliphatic hydroxyl groups excluding tert-OH is 1. The van der Waals surface area contributed by atoms with Crippen molar-refractivity contribution in [1.29, 1.82) is 0 Å². The third-order valence-electron chi connectivity index (χ3n) is 9.14. The van der Waals surface area contributed by atoms with E-state index in [-0.39, 0.29) is 48.4 Å². The lowest BCUT2D eigenvalue weighted by molar-refractivity contribution is -0.154. The molecule has 0 spiro atoms. The molecule has 0 radical (unpaired) electrons. The van der Waals surface area contributed by atoms with E-state index in [0.29, 0.717) is 18.3 Å². The monoisotopic (exact) mass is 552 g/mol. The number of aliphatic hydroxyl groups is 1. The third kappa shape index (κ3) is 11.7. The van der Waals surface area contributed by atoms with Crippen molar-refractivity contribution >= 4 is 11.9 Å². The van der Waals surface area contributed by atoms with Gasteiger partial charge in [-0.25, -0.2) is 0 Å². The summed E-state index contributed by atoms with van der Waals surface area (Å²) in [6.07, 6.45) is 14.8. The van der Waals surface area contributed by atoms with Crippen LogP contribution < -0.4 is 11.1 Å². The number of hydrogen-bond acceptors (Lipinski definition) is 8. The normalized spacial score (nSPS) is 31.5. The number of ether oxygens (including phenoxy) is 3. The number of carbonyl (C=O) groups is 2. The summed E-state index contributed by atoms with van der Waals surface area (Å²) < 4.78 is 17.9. The number of nitrogens with one attached hydrogen (secondary N) is 1. The topological polar surface area (TPSA) is 120 Å². The van der Waals surface area contributed by atoms with E-state index < -0.39 is 6.10 Å². The Kier molecular flexibility index (Phi) is 14.0. The molecule has 3 rings (SSSR count). The number of rotatable bonds is 15. The number of esters is 2. The van der Waals surface area contributed by atoms with E-state index in [1.807, 2.05) is 0 Å². The van der Waals surface area contributed by atoms with Gasteiger partial charge in [-0.1, -0.05) is 32.6 Å². The van der Waals surface area contributed by atoms with E-state index in [1.165, 1.54) is 26.7 Å². The van der Waals surface area contributed by atoms with E-state index in [2.05, 4.69) is 12.2 Å². The first-order valence-corrected chi connectivity index (χ1v) is 15.9. The highest BCUT2D eigenvalue weighted by Crippen LogP contribution is 2.40. The molecule has 0 amide bonds. The third-order valence-corrected chi connectivity index (χ3v) is 9.14. The smallest absolute Gasteiger partial charge is 0.302 e.